The number of amides is 3. The number of nitriles is 1. The lowest BCUT2D eigenvalue weighted by molar-refractivity contribution is -0.138. The molecule has 7 heteroatoms. The maximum atomic E-state index is 13.7. The van der Waals surface area contributed by atoms with Gasteiger partial charge in [-0.3, -0.25) is 19.3 Å². The number of rotatable bonds is 4. The normalized spacial score (nSPS) is 22.3. The molecule has 2 aliphatic rings. The Morgan fingerprint density at radius 2 is 1.71 bits per heavy atom. The lowest BCUT2D eigenvalue weighted by atomic mass is 10.0. The van der Waals surface area contributed by atoms with Crippen molar-refractivity contribution in [2.24, 2.45) is 5.92 Å². The highest BCUT2D eigenvalue weighted by atomic mass is 35.5. The van der Waals surface area contributed by atoms with Crippen LogP contribution < -0.4 is 0 Å². The fraction of sp³-hybridized carbons (Fsp3) is 0.333. The van der Waals surface area contributed by atoms with Gasteiger partial charge in [0.05, 0.1) is 29.2 Å². The average molecular weight is 436 g/mol. The predicted octanol–water partition coefficient (Wildman–Crippen LogP) is 4.22. The zero-order chi connectivity index (χ0) is 22.3. The number of nitrogens with zero attached hydrogens (tertiary/aromatic N) is 3. The first-order valence-electron chi connectivity index (χ1n) is 10.3. The van der Waals surface area contributed by atoms with Crippen LogP contribution in [-0.4, -0.2) is 39.6 Å². The van der Waals surface area contributed by atoms with Gasteiger partial charge >= 0.3 is 0 Å². The Labute approximate surface area is 186 Å². The van der Waals surface area contributed by atoms with E-state index >= 15 is 0 Å². The van der Waals surface area contributed by atoms with Crippen LogP contribution in [0.2, 0.25) is 5.02 Å². The molecule has 6 nitrogen and oxygen atoms in total. The molecule has 0 bridgehead atoms. The van der Waals surface area contributed by atoms with E-state index in [1.807, 2.05) is 18.2 Å². The molecule has 4 atom stereocenters. The maximum absolute atomic E-state index is 13.7. The van der Waals surface area contributed by atoms with Gasteiger partial charge < -0.3 is 4.90 Å². The first-order valence-corrected chi connectivity index (χ1v) is 10.7. The smallest absolute Gasteiger partial charge is 0.262 e. The van der Waals surface area contributed by atoms with E-state index in [-0.39, 0.29) is 23.9 Å². The van der Waals surface area contributed by atoms with Gasteiger partial charge in [-0.2, -0.15) is 5.26 Å². The molecule has 4 rings (SSSR count). The number of benzene rings is 2. The third-order valence-corrected chi connectivity index (χ3v) is 6.50. The van der Waals surface area contributed by atoms with E-state index in [1.54, 1.807) is 49.1 Å². The molecule has 0 saturated carbocycles. The second-order valence-electron chi connectivity index (χ2n) is 8.08. The quantitative estimate of drug-likeness (QED) is 0.673. The summed E-state index contributed by atoms with van der Waals surface area (Å²) in [7, 11) is 0. The van der Waals surface area contributed by atoms with Crippen LogP contribution in [0.25, 0.3) is 0 Å². The largest absolute Gasteiger partial charge is 0.330 e. The summed E-state index contributed by atoms with van der Waals surface area (Å²) in [4.78, 5) is 42.2. The minimum absolute atomic E-state index is 0.273. The first-order chi connectivity index (χ1) is 14.8. The lowest BCUT2D eigenvalue weighted by Gasteiger charge is -2.36. The number of hydrogen-bond donors (Lipinski definition) is 0. The van der Waals surface area contributed by atoms with Crippen molar-refractivity contribution in [1.82, 2.24) is 9.80 Å². The Bertz CT molecular complexity index is 1070. The van der Waals surface area contributed by atoms with Crippen molar-refractivity contribution in [3.05, 3.63) is 70.2 Å². The Morgan fingerprint density at radius 1 is 1.06 bits per heavy atom. The molecule has 0 spiro atoms. The Hall–Kier alpha value is -3.17. The number of imide groups is 1. The SMILES string of the molecule is CC(C#N)[C@H]1CC[C@@H](c2cccc(Cl)c2)N1C(=O)C(C)N1C(=O)c2ccccc2C1=O. The molecule has 1 fully saturated rings. The summed E-state index contributed by atoms with van der Waals surface area (Å²) in [5.41, 5.74) is 1.49. The zero-order valence-electron chi connectivity index (χ0n) is 17.3. The minimum Gasteiger partial charge on any atom is -0.330 e. The zero-order valence-corrected chi connectivity index (χ0v) is 18.0. The summed E-state index contributed by atoms with van der Waals surface area (Å²) in [6, 6.07) is 14.6. The maximum Gasteiger partial charge on any atom is 0.262 e. The van der Waals surface area contributed by atoms with Crippen LogP contribution in [0.3, 0.4) is 0 Å². The highest BCUT2D eigenvalue weighted by Gasteiger charge is 2.47. The van der Waals surface area contributed by atoms with Crippen molar-refractivity contribution in [3.8, 4) is 6.07 Å². The molecule has 2 aromatic rings. The second kappa shape index (κ2) is 8.16. The van der Waals surface area contributed by atoms with Crippen LogP contribution in [0, 0.1) is 17.2 Å². The number of carbonyl (C=O) groups is 3. The summed E-state index contributed by atoms with van der Waals surface area (Å²) in [5.74, 6) is -1.67. The van der Waals surface area contributed by atoms with Gasteiger partial charge in [0, 0.05) is 11.1 Å². The monoisotopic (exact) mass is 435 g/mol. The van der Waals surface area contributed by atoms with Crippen LogP contribution >= 0.6 is 11.6 Å². The van der Waals surface area contributed by atoms with Crippen LogP contribution in [-0.2, 0) is 4.79 Å². The second-order valence-corrected chi connectivity index (χ2v) is 8.52. The molecular weight excluding hydrogens is 414 g/mol. The van der Waals surface area contributed by atoms with Gasteiger partial charge in [-0.15, -0.1) is 0 Å². The molecule has 0 N–H and O–H groups in total. The van der Waals surface area contributed by atoms with Gasteiger partial charge in [0.2, 0.25) is 5.91 Å². The van der Waals surface area contributed by atoms with Gasteiger partial charge in [0.25, 0.3) is 11.8 Å². The average Bonchev–Trinajstić information content (AvgIpc) is 3.32. The fourth-order valence-corrected chi connectivity index (χ4v) is 4.86. The van der Waals surface area contributed by atoms with Gasteiger partial charge in [0.1, 0.15) is 6.04 Å². The van der Waals surface area contributed by atoms with Crippen molar-refractivity contribution < 1.29 is 14.4 Å². The molecule has 2 aliphatic heterocycles. The lowest BCUT2D eigenvalue weighted by Crippen LogP contribution is -2.52. The molecule has 0 aromatic heterocycles. The highest BCUT2D eigenvalue weighted by molar-refractivity contribution is 6.30. The fourth-order valence-electron chi connectivity index (χ4n) is 4.66. The molecule has 31 heavy (non-hydrogen) atoms. The number of likely N-dealkylation sites (tertiary alicyclic amines) is 1. The molecule has 158 valence electrons. The van der Waals surface area contributed by atoms with Crippen LogP contribution in [0.5, 0.6) is 0 Å². The highest BCUT2D eigenvalue weighted by Crippen LogP contribution is 2.40. The molecule has 1 saturated heterocycles. The van der Waals surface area contributed by atoms with E-state index in [0.29, 0.717) is 29.0 Å². The third-order valence-electron chi connectivity index (χ3n) is 6.27. The predicted molar refractivity (Wildman–Crippen MR) is 115 cm³/mol. The Morgan fingerprint density at radius 3 is 2.29 bits per heavy atom. The van der Waals surface area contributed by atoms with Gasteiger partial charge in [-0.05, 0) is 56.5 Å². The molecule has 2 aromatic carbocycles. The number of hydrogen-bond acceptors (Lipinski definition) is 4. The van der Waals surface area contributed by atoms with Crippen LogP contribution in [0.15, 0.2) is 48.5 Å². The van der Waals surface area contributed by atoms with Crippen molar-refractivity contribution in [1.29, 1.82) is 5.26 Å². The van der Waals surface area contributed by atoms with E-state index < -0.39 is 17.9 Å². The summed E-state index contributed by atoms with van der Waals surface area (Å²) in [6.07, 6.45) is 1.34. The third kappa shape index (κ3) is 3.49. The van der Waals surface area contributed by atoms with E-state index in [0.717, 1.165) is 10.5 Å². The standard InChI is InChI=1S/C24H22ClN3O3/c1-14(13-26)20-10-11-21(16-6-5-7-17(25)12-16)28(20)22(29)15(2)27-23(30)18-8-3-4-9-19(18)24(27)31/h3-9,12,14-15,20-21H,10-11H2,1-2H3/t14?,15?,20-,21+/m1/s1. The Balaban J connectivity index is 1.69. The molecule has 2 heterocycles. The van der Waals surface area contributed by atoms with Gasteiger partial charge in [0.15, 0.2) is 0 Å². The molecular formula is C24H22ClN3O3. The van der Waals surface area contributed by atoms with E-state index in [9.17, 15) is 19.6 Å². The van der Waals surface area contributed by atoms with E-state index in [1.165, 1.54) is 0 Å². The van der Waals surface area contributed by atoms with E-state index in [2.05, 4.69) is 6.07 Å². The number of fused-ring (bicyclic) bond motifs is 1. The molecule has 0 radical (unpaired) electrons. The van der Waals surface area contributed by atoms with Crippen molar-refractivity contribution in [3.63, 3.8) is 0 Å². The Kier molecular flexibility index (Phi) is 5.55. The summed E-state index contributed by atoms with van der Waals surface area (Å²) < 4.78 is 0. The number of halogens is 1. The van der Waals surface area contributed by atoms with Crippen LogP contribution in [0.4, 0.5) is 0 Å². The molecule has 0 aliphatic carbocycles. The minimum atomic E-state index is -0.986. The van der Waals surface area contributed by atoms with E-state index in [4.69, 9.17) is 11.6 Å². The van der Waals surface area contributed by atoms with Crippen molar-refractivity contribution in [2.75, 3.05) is 0 Å². The molecule has 2 unspecified atom stereocenters. The van der Waals surface area contributed by atoms with Crippen molar-refractivity contribution >= 4 is 29.3 Å². The summed E-state index contributed by atoms with van der Waals surface area (Å²) in [5, 5.41) is 10.1. The summed E-state index contributed by atoms with van der Waals surface area (Å²) in [6.45, 7) is 3.36. The van der Waals surface area contributed by atoms with Gasteiger partial charge in [-0.25, -0.2) is 0 Å². The summed E-state index contributed by atoms with van der Waals surface area (Å²) >= 11 is 6.18. The molecule has 3 amide bonds. The first kappa shape index (κ1) is 21.1. The van der Waals surface area contributed by atoms with Crippen molar-refractivity contribution in [2.45, 2.75) is 44.8 Å². The van der Waals surface area contributed by atoms with Gasteiger partial charge in [-0.1, -0.05) is 35.9 Å². The van der Waals surface area contributed by atoms with Crippen LogP contribution in [0.1, 0.15) is 59.0 Å². The topological polar surface area (TPSA) is 81.5 Å². The number of carbonyl (C=O) groups excluding carboxylic acids is 3.